The topological polar surface area (TPSA) is 21.7 Å². The van der Waals surface area contributed by atoms with Crippen LogP contribution in [0, 0.1) is 0 Å². The van der Waals surface area contributed by atoms with Gasteiger partial charge in [0.15, 0.2) is 11.5 Å². The van der Waals surface area contributed by atoms with Crippen LogP contribution in [0.3, 0.4) is 0 Å². The Labute approximate surface area is 101 Å². The van der Waals surface area contributed by atoms with Gasteiger partial charge in [-0.25, -0.2) is 0 Å². The molecule has 0 aliphatic rings. The van der Waals surface area contributed by atoms with Gasteiger partial charge in [0.2, 0.25) is 0 Å². The standard InChI is InChI=1S/C12H15NO2S/c1-5-9-6-7-10(11(8-9)14-4)15-12(16)13(2)3/h5-8H,1H2,2-4H3. The molecule has 0 aromatic heterocycles. The largest absolute Gasteiger partial charge is 0.493 e. The lowest BCUT2D eigenvalue weighted by atomic mass is 10.2. The van der Waals surface area contributed by atoms with Gasteiger partial charge in [0.05, 0.1) is 7.11 Å². The highest BCUT2D eigenvalue weighted by atomic mass is 32.1. The molecule has 16 heavy (non-hydrogen) atoms. The van der Waals surface area contributed by atoms with Crippen molar-refractivity contribution >= 4 is 23.5 Å². The number of benzene rings is 1. The predicted molar refractivity (Wildman–Crippen MR) is 70.0 cm³/mol. The molecule has 0 unspecified atom stereocenters. The van der Waals surface area contributed by atoms with E-state index in [0.29, 0.717) is 16.7 Å². The number of rotatable bonds is 3. The lowest BCUT2D eigenvalue weighted by Crippen LogP contribution is -2.25. The van der Waals surface area contributed by atoms with Gasteiger partial charge in [0, 0.05) is 14.1 Å². The van der Waals surface area contributed by atoms with Gasteiger partial charge < -0.3 is 14.4 Å². The molecular weight excluding hydrogens is 222 g/mol. The summed E-state index contributed by atoms with van der Waals surface area (Å²) in [4.78, 5) is 1.72. The predicted octanol–water partition coefficient (Wildman–Crippen LogP) is 2.56. The Balaban J connectivity index is 2.95. The Hall–Kier alpha value is -1.55. The SMILES string of the molecule is C=Cc1ccc(OC(=S)N(C)C)c(OC)c1. The Kier molecular flexibility index (Phi) is 4.31. The summed E-state index contributed by atoms with van der Waals surface area (Å²) in [5, 5.41) is 0.393. The van der Waals surface area contributed by atoms with Crippen molar-refractivity contribution < 1.29 is 9.47 Å². The van der Waals surface area contributed by atoms with Crippen LogP contribution in [-0.4, -0.2) is 31.3 Å². The van der Waals surface area contributed by atoms with Crippen molar-refractivity contribution in [3.63, 3.8) is 0 Å². The highest BCUT2D eigenvalue weighted by Crippen LogP contribution is 2.28. The summed E-state index contributed by atoms with van der Waals surface area (Å²) in [6.45, 7) is 3.69. The highest BCUT2D eigenvalue weighted by molar-refractivity contribution is 7.80. The Morgan fingerprint density at radius 3 is 2.56 bits per heavy atom. The zero-order chi connectivity index (χ0) is 12.1. The van der Waals surface area contributed by atoms with Gasteiger partial charge in [-0.3, -0.25) is 0 Å². The van der Waals surface area contributed by atoms with Gasteiger partial charge in [0.25, 0.3) is 5.17 Å². The summed E-state index contributed by atoms with van der Waals surface area (Å²) in [5.74, 6) is 1.24. The third-order valence-electron chi connectivity index (χ3n) is 1.99. The first-order valence-corrected chi connectivity index (χ1v) is 5.19. The van der Waals surface area contributed by atoms with Crippen LogP contribution in [0.25, 0.3) is 6.08 Å². The molecule has 0 amide bonds. The lowest BCUT2D eigenvalue weighted by molar-refractivity contribution is 0.378. The highest BCUT2D eigenvalue weighted by Gasteiger charge is 2.08. The fourth-order valence-corrected chi connectivity index (χ4v) is 1.17. The molecule has 0 bridgehead atoms. The summed E-state index contributed by atoms with van der Waals surface area (Å²) in [6, 6.07) is 5.55. The van der Waals surface area contributed by atoms with E-state index in [2.05, 4.69) is 6.58 Å². The Morgan fingerprint density at radius 1 is 1.38 bits per heavy atom. The lowest BCUT2D eigenvalue weighted by Gasteiger charge is -2.16. The van der Waals surface area contributed by atoms with E-state index in [-0.39, 0.29) is 0 Å². The maximum absolute atomic E-state index is 5.50. The van der Waals surface area contributed by atoms with Crippen LogP contribution in [0.2, 0.25) is 0 Å². The maximum atomic E-state index is 5.50. The van der Waals surface area contributed by atoms with Crippen molar-refractivity contribution in [1.29, 1.82) is 0 Å². The minimum atomic E-state index is 0.393. The second-order valence-corrected chi connectivity index (χ2v) is 3.73. The van der Waals surface area contributed by atoms with E-state index in [4.69, 9.17) is 21.7 Å². The van der Waals surface area contributed by atoms with E-state index in [1.807, 2.05) is 32.3 Å². The second kappa shape index (κ2) is 5.51. The summed E-state index contributed by atoms with van der Waals surface area (Å²) in [5.41, 5.74) is 0.972. The average Bonchev–Trinajstić information content (AvgIpc) is 2.29. The summed E-state index contributed by atoms with van der Waals surface area (Å²) < 4.78 is 10.7. The van der Waals surface area contributed by atoms with Crippen LogP contribution in [0.15, 0.2) is 24.8 Å². The van der Waals surface area contributed by atoms with E-state index < -0.39 is 0 Å². The fourth-order valence-electron chi connectivity index (χ4n) is 1.08. The number of thiocarbonyl (C=S) groups is 1. The number of hydrogen-bond donors (Lipinski definition) is 0. The van der Waals surface area contributed by atoms with E-state index in [1.54, 1.807) is 18.1 Å². The van der Waals surface area contributed by atoms with Gasteiger partial charge in [0.1, 0.15) is 0 Å². The van der Waals surface area contributed by atoms with Gasteiger partial charge in [-0.05, 0) is 29.9 Å². The van der Waals surface area contributed by atoms with E-state index in [1.165, 1.54) is 0 Å². The number of hydrogen-bond acceptors (Lipinski definition) is 3. The average molecular weight is 237 g/mol. The molecule has 0 heterocycles. The van der Waals surface area contributed by atoms with Gasteiger partial charge in [-0.1, -0.05) is 18.7 Å². The first-order valence-electron chi connectivity index (χ1n) is 4.78. The van der Waals surface area contributed by atoms with E-state index >= 15 is 0 Å². The number of ether oxygens (including phenoxy) is 2. The molecule has 0 atom stereocenters. The van der Waals surface area contributed by atoms with Crippen LogP contribution < -0.4 is 9.47 Å². The zero-order valence-electron chi connectivity index (χ0n) is 9.69. The fraction of sp³-hybridized carbons (Fsp3) is 0.250. The molecule has 1 aromatic rings. The third-order valence-corrected chi connectivity index (χ3v) is 2.43. The van der Waals surface area contributed by atoms with Crippen molar-refractivity contribution in [3.8, 4) is 11.5 Å². The van der Waals surface area contributed by atoms with E-state index in [9.17, 15) is 0 Å². The van der Waals surface area contributed by atoms with Crippen LogP contribution in [0.1, 0.15) is 5.56 Å². The molecule has 4 heteroatoms. The molecule has 0 saturated carbocycles. The molecule has 86 valence electrons. The van der Waals surface area contributed by atoms with Crippen LogP contribution in [0.5, 0.6) is 11.5 Å². The smallest absolute Gasteiger partial charge is 0.264 e. The Morgan fingerprint density at radius 2 is 2.06 bits per heavy atom. The van der Waals surface area contributed by atoms with Crippen molar-refractivity contribution in [2.45, 2.75) is 0 Å². The molecule has 0 aliphatic heterocycles. The van der Waals surface area contributed by atoms with E-state index in [0.717, 1.165) is 5.56 Å². The minimum Gasteiger partial charge on any atom is -0.493 e. The summed E-state index contributed by atoms with van der Waals surface area (Å²) in [6.07, 6.45) is 1.75. The van der Waals surface area contributed by atoms with Crippen molar-refractivity contribution in [1.82, 2.24) is 4.90 Å². The van der Waals surface area contributed by atoms with Gasteiger partial charge in [-0.15, -0.1) is 0 Å². The first kappa shape index (κ1) is 12.5. The summed E-state index contributed by atoms with van der Waals surface area (Å²) in [7, 11) is 5.24. The normalized spacial score (nSPS) is 9.44. The molecule has 0 spiro atoms. The molecule has 0 fully saturated rings. The van der Waals surface area contributed by atoms with Crippen molar-refractivity contribution in [2.24, 2.45) is 0 Å². The molecule has 0 N–H and O–H groups in total. The molecule has 0 saturated heterocycles. The quantitative estimate of drug-likeness (QED) is 0.753. The maximum Gasteiger partial charge on any atom is 0.264 e. The Bertz CT molecular complexity index is 402. The van der Waals surface area contributed by atoms with Crippen LogP contribution in [-0.2, 0) is 0 Å². The van der Waals surface area contributed by atoms with Crippen LogP contribution in [0.4, 0.5) is 0 Å². The van der Waals surface area contributed by atoms with Crippen molar-refractivity contribution in [3.05, 3.63) is 30.3 Å². The van der Waals surface area contributed by atoms with Gasteiger partial charge in [-0.2, -0.15) is 0 Å². The minimum absolute atomic E-state index is 0.393. The second-order valence-electron chi connectivity index (χ2n) is 3.38. The monoisotopic (exact) mass is 237 g/mol. The molecule has 0 radical (unpaired) electrons. The zero-order valence-corrected chi connectivity index (χ0v) is 10.5. The molecule has 1 aromatic carbocycles. The van der Waals surface area contributed by atoms with Crippen molar-refractivity contribution in [2.75, 3.05) is 21.2 Å². The number of methoxy groups -OCH3 is 1. The molecule has 3 nitrogen and oxygen atoms in total. The molecule has 0 aliphatic carbocycles. The first-order chi connectivity index (χ1) is 7.58. The summed E-state index contributed by atoms with van der Waals surface area (Å²) >= 11 is 5.06. The third kappa shape index (κ3) is 2.97. The van der Waals surface area contributed by atoms with Crippen LogP contribution >= 0.6 is 12.2 Å². The molecule has 1 rings (SSSR count). The number of nitrogens with zero attached hydrogens (tertiary/aromatic N) is 1. The molecular formula is C12H15NO2S. The van der Waals surface area contributed by atoms with Gasteiger partial charge >= 0.3 is 0 Å².